The summed E-state index contributed by atoms with van der Waals surface area (Å²) in [6, 6.07) is 9.18. The summed E-state index contributed by atoms with van der Waals surface area (Å²) >= 11 is 6.40. The third-order valence-electron chi connectivity index (χ3n) is 5.38. The largest absolute Gasteiger partial charge is 0.482 e. The maximum atomic E-state index is 12.4. The maximum absolute atomic E-state index is 12.4. The minimum Gasteiger partial charge on any atom is -0.482 e. The Labute approximate surface area is 173 Å². The predicted octanol–water partition coefficient (Wildman–Crippen LogP) is 4.96. The molecule has 0 atom stereocenters. The molecule has 0 fully saturated rings. The zero-order valence-corrected chi connectivity index (χ0v) is 17.2. The molecule has 0 saturated heterocycles. The van der Waals surface area contributed by atoms with Crippen LogP contribution in [0, 0.1) is 13.8 Å². The smallest absolute Gasteiger partial charge is 0.339 e. The highest BCUT2D eigenvalue weighted by molar-refractivity contribution is 6.32. The highest BCUT2D eigenvalue weighted by Gasteiger charge is 2.20. The number of halogens is 1. The SMILES string of the molecule is Cc1cccc(C)c1NC(=O)COc1cc2oc(=O)c3c(c2cc1Cl)CCCC3. The van der Waals surface area contributed by atoms with Crippen LogP contribution in [0.15, 0.2) is 39.5 Å². The Balaban J connectivity index is 1.56. The molecule has 6 heteroatoms. The summed E-state index contributed by atoms with van der Waals surface area (Å²) in [7, 11) is 0. The zero-order chi connectivity index (χ0) is 20.5. The van der Waals surface area contributed by atoms with Gasteiger partial charge >= 0.3 is 5.63 Å². The van der Waals surface area contributed by atoms with E-state index in [1.54, 1.807) is 12.1 Å². The fourth-order valence-corrected chi connectivity index (χ4v) is 4.10. The van der Waals surface area contributed by atoms with Crippen LogP contribution in [-0.4, -0.2) is 12.5 Å². The molecule has 1 aliphatic carbocycles. The topological polar surface area (TPSA) is 68.5 Å². The van der Waals surface area contributed by atoms with Crippen molar-refractivity contribution in [2.24, 2.45) is 0 Å². The summed E-state index contributed by atoms with van der Waals surface area (Å²) in [5, 5.41) is 4.11. The molecule has 0 saturated carbocycles. The number of nitrogens with one attached hydrogen (secondary N) is 1. The molecule has 3 aromatic rings. The summed E-state index contributed by atoms with van der Waals surface area (Å²) < 4.78 is 11.1. The minimum atomic E-state index is -0.298. The molecule has 29 heavy (non-hydrogen) atoms. The predicted molar refractivity (Wildman–Crippen MR) is 114 cm³/mol. The molecule has 4 rings (SSSR count). The normalized spacial score (nSPS) is 13.2. The molecular formula is C23H22ClNO4. The molecule has 0 bridgehead atoms. The van der Waals surface area contributed by atoms with Gasteiger partial charge < -0.3 is 14.5 Å². The van der Waals surface area contributed by atoms with Crippen molar-refractivity contribution >= 4 is 34.2 Å². The van der Waals surface area contributed by atoms with Crippen molar-refractivity contribution in [3.63, 3.8) is 0 Å². The lowest BCUT2D eigenvalue weighted by molar-refractivity contribution is -0.118. The Morgan fingerprint density at radius 3 is 2.55 bits per heavy atom. The van der Waals surface area contributed by atoms with Gasteiger partial charge in [-0.15, -0.1) is 0 Å². The van der Waals surface area contributed by atoms with Crippen molar-refractivity contribution in [2.45, 2.75) is 39.5 Å². The number of ether oxygens (including phenoxy) is 1. The van der Waals surface area contributed by atoms with Gasteiger partial charge in [0.2, 0.25) is 0 Å². The molecular weight excluding hydrogens is 390 g/mol. The average Bonchev–Trinajstić information content (AvgIpc) is 2.70. The molecule has 0 radical (unpaired) electrons. The van der Waals surface area contributed by atoms with E-state index in [4.69, 9.17) is 20.8 Å². The number of carbonyl (C=O) groups excluding carboxylic acids is 1. The van der Waals surface area contributed by atoms with Crippen LogP contribution in [0.1, 0.15) is 35.1 Å². The van der Waals surface area contributed by atoms with Gasteiger partial charge in [0.15, 0.2) is 6.61 Å². The second-order valence-corrected chi connectivity index (χ2v) is 7.84. The quantitative estimate of drug-likeness (QED) is 0.616. The lowest BCUT2D eigenvalue weighted by atomic mass is 9.91. The molecule has 0 spiro atoms. The van der Waals surface area contributed by atoms with E-state index >= 15 is 0 Å². The first kappa shape index (κ1) is 19.5. The van der Waals surface area contributed by atoms with Gasteiger partial charge in [-0.3, -0.25) is 4.79 Å². The number of carbonyl (C=O) groups is 1. The van der Waals surface area contributed by atoms with Gasteiger partial charge in [-0.2, -0.15) is 0 Å². The van der Waals surface area contributed by atoms with Gasteiger partial charge in [-0.05, 0) is 62.3 Å². The van der Waals surface area contributed by atoms with Crippen molar-refractivity contribution < 1.29 is 13.9 Å². The van der Waals surface area contributed by atoms with Gasteiger partial charge in [0, 0.05) is 22.7 Å². The Morgan fingerprint density at radius 2 is 1.83 bits per heavy atom. The lowest BCUT2D eigenvalue weighted by Gasteiger charge is -2.17. The number of amides is 1. The molecule has 1 aromatic heterocycles. The number of benzene rings is 2. The highest BCUT2D eigenvalue weighted by Crippen LogP contribution is 2.34. The Hall–Kier alpha value is -2.79. The van der Waals surface area contributed by atoms with Crippen LogP contribution in [0.25, 0.3) is 11.0 Å². The molecule has 0 aliphatic heterocycles. The number of fused-ring (bicyclic) bond motifs is 3. The second kappa shape index (κ2) is 7.91. The van der Waals surface area contributed by atoms with Crippen LogP contribution in [0.5, 0.6) is 5.75 Å². The van der Waals surface area contributed by atoms with E-state index in [-0.39, 0.29) is 18.1 Å². The van der Waals surface area contributed by atoms with Crippen molar-refractivity contribution in [1.29, 1.82) is 0 Å². The fraction of sp³-hybridized carbons (Fsp3) is 0.304. The standard InChI is InChI=1S/C23H22ClNO4/c1-13-6-5-7-14(2)22(13)25-21(26)12-28-20-11-19-17(10-18(20)24)15-8-3-4-9-16(15)23(27)29-19/h5-7,10-11H,3-4,8-9,12H2,1-2H3,(H,25,26). The van der Waals surface area contributed by atoms with Gasteiger partial charge in [0.1, 0.15) is 11.3 Å². The van der Waals surface area contributed by atoms with E-state index in [2.05, 4.69) is 5.32 Å². The van der Waals surface area contributed by atoms with Gasteiger partial charge in [0.25, 0.3) is 5.91 Å². The number of hydrogen-bond donors (Lipinski definition) is 1. The number of hydrogen-bond acceptors (Lipinski definition) is 4. The van der Waals surface area contributed by atoms with Crippen LogP contribution < -0.4 is 15.7 Å². The second-order valence-electron chi connectivity index (χ2n) is 7.44. The van der Waals surface area contributed by atoms with Gasteiger partial charge in [-0.25, -0.2) is 4.79 Å². The first-order chi connectivity index (χ1) is 13.9. The van der Waals surface area contributed by atoms with E-state index < -0.39 is 0 Å². The van der Waals surface area contributed by atoms with Crippen molar-refractivity contribution in [3.8, 4) is 5.75 Å². The van der Waals surface area contributed by atoms with Gasteiger partial charge in [-0.1, -0.05) is 29.8 Å². The Bertz CT molecular complexity index is 1150. The van der Waals surface area contributed by atoms with Crippen LogP contribution in [0.2, 0.25) is 5.02 Å². The molecule has 150 valence electrons. The van der Waals surface area contributed by atoms with Crippen LogP contribution >= 0.6 is 11.6 Å². The van der Waals surface area contributed by atoms with Crippen LogP contribution in [0.3, 0.4) is 0 Å². The minimum absolute atomic E-state index is 0.200. The summed E-state index contributed by atoms with van der Waals surface area (Å²) in [5.74, 6) is 0.0280. The van der Waals surface area contributed by atoms with Gasteiger partial charge in [0.05, 0.1) is 5.02 Å². The number of para-hydroxylation sites is 1. The first-order valence-corrected chi connectivity index (χ1v) is 10.1. The molecule has 2 aromatic carbocycles. The fourth-order valence-electron chi connectivity index (χ4n) is 3.89. The number of rotatable bonds is 4. The third kappa shape index (κ3) is 3.87. The van der Waals surface area contributed by atoms with E-state index in [9.17, 15) is 9.59 Å². The summed E-state index contributed by atoms with van der Waals surface area (Å²) in [6.45, 7) is 3.67. The van der Waals surface area contributed by atoms with E-state index in [0.717, 1.165) is 59.0 Å². The molecule has 1 aliphatic rings. The molecule has 1 N–H and O–H groups in total. The van der Waals surface area contributed by atoms with E-state index in [1.165, 1.54) is 0 Å². The Morgan fingerprint density at radius 1 is 1.14 bits per heavy atom. The summed E-state index contributed by atoms with van der Waals surface area (Å²) in [4.78, 5) is 24.7. The molecule has 5 nitrogen and oxygen atoms in total. The average molecular weight is 412 g/mol. The van der Waals surface area contributed by atoms with E-state index in [0.29, 0.717) is 16.4 Å². The van der Waals surface area contributed by atoms with Crippen molar-refractivity contribution in [1.82, 2.24) is 0 Å². The van der Waals surface area contributed by atoms with Crippen molar-refractivity contribution in [2.75, 3.05) is 11.9 Å². The first-order valence-electron chi connectivity index (χ1n) is 9.71. The van der Waals surface area contributed by atoms with Crippen molar-refractivity contribution in [3.05, 3.63) is 68.0 Å². The molecule has 0 unspecified atom stereocenters. The lowest BCUT2D eigenvalue weighted by Crippen LogP contribution is -2.21. The van der Waals surface area contributed by atoms with E-state index in [1.807, 2.05) is 32.0 Å². The number of anilines is 1. The summed E-state index contributed by atoms with van der Waals surface area (Å²) in [5.41, 5.74) is 4.65. The summed E-state index contributed by atoms with van der Waals surface area (Å²) in [6.07, 6.45) is 3.61. The van der Waals surface area contributed by atoms with Crippen LogP contribution in [-0.2, 0) is 17.6 Å². The monoisotopic (exact) mass is 411 g/mol. The zero-order valence-electron chi connectivity index (χ0n) is 16.4. The molecule has 1 heterocycles. The maximum Gasteiger partial charge on any atom is 0.339 e. The Kier molecular flexibility index (Phi) is 5.33. The highest BCUT2D eigenvalue weighted by atomic mass is 35.5. The third-order valence-corrected chi connectivity index (χ3v) is 5.68. The number of aryl methyl sites for hydroxylation is 3. The molecule has 1 amide bonds. The van der Waals surface area contributed by atoms with Crippen LogP contribution in [0.4, 0.5) is 5.69 Å².